The number of Topliss-reactive ketones (excluding diaryl/α,β-unsaturated/α-hetero) is 1. The number of carbonyl (C=O) groups excluding carboxylic acids is 1. The summed E-state index contributed by atoms with van der Waals surface area (Å²) in [6.07, 6.45) is 5.18. The van der Waals surface area contributed by atoms with Crippen LogP contribution in [0.15, 0.2) is 36.5 Å². The van der Waals surface area contributed by atoms with Crippen LogP contribution >= 0.6 is 0 Å². The van der Waals surface area contributed by atoms with Gasteiger partial charge >= 0.3 is 0 Å². The first-order valence-corrected chi connectivity index (χ1v) is 6.67. The summed E-state index contributed by atoms with van der Waals surface area (Å²) < 4.78 is 0. The Kier molecular flexibility index (Phi) is 2.39. The fraction of sp³-hybridized carbons (Fsp3) is 0.562. The largest absolute Gasteiger partial charge is 0.295 e. The van der Waals surface area contributed by atoms with Crippen LogP contribution in [0.2, 0.25) is 0 Å². The molecule has 17 heavy (non-hydrogen) atoms. The molecule has 1 heteroatoms. The summed E-state index contributed by atoms with van der Waals surface area (Å²) >= 11 is 0. The fourth-order valence-corrected chi connectivity index (χ4v) is 4.28. The maximum Gasteiger partial charge on any atom is 0.158 e. The monoisotopic (exact) mass is 228 g/mol. The van der Waals surface area contributed by atoms with Gasteiger partial charge in [-0.15, -0.1) is 0 Å². The second-order valence-electron chi connectivity index (χ2n) is 5.95. The van der Waals surface area contributed by atoms with E-state index in [0.29, 0.717) is 35.9 Å². The van der Waals surface area contributed by atoms with Crippen LogP contribution in [0.1, 0.15) is 32.1 Å². The van der Waals surface area contributed by atoms with E-state index in [2.05, 4.69) is 19.7 Å². The van der Waals surface area contributed by atoms with E-state index in [0.717, 1.165) is 24.8 Å². The molecule has 3 saturated carbocycles. The molecule has 0 aromatic rings. The van der Waals surface area contributed by atoms with Crippen LogP contribution in [0, 0.1) is 23.7 Å². The molecule has 3 aliphatic rings. The highest BCUT2D eigenvalue weighted by Gasteiger charge is 2.48. The quantitative estimate of drug-likeness (QED) is 0.456. The zero-order chi connectivity index (χ0) is 12.2. The summed E-state index contributed by atoms with van der Waals surface area (Å²) in [4.78, 5) is 11.9. The van der Waals surface area contributed by atoms with Gasteiger partial charge in [0.1, 0.15) is 0 Å². The number of rotatable bonds is 0. The van der Waals surface area contributed by atoms with Crippen LogP contribution in [-0.4, -0.2) is 5.78 Å². The Hall–Kier alpha value is -1.11. The minimum Gasteiger partial charge on any atom is -0.295 e. The molecule has 0 spiro atoms. The molecule has 1 nitrogen and oxygen atoms in total. The predicted octanol–water partition coefficient (Wildman–Crippen LogP) is 3.68. The molecule has 3 fully saturated rings. The summed E-state index contributed by atoms with van der Waals surface area (Å²) in [6.45, 7) is 12.5. The van der Waals surface area contributed by atoms with Crippen LogP contribution in [0.3, 0.4) is 0 Å². The first-order chi connectivity index (χ1) is 8.09. The van der Waals surface area contributed by atoms with Crippen molar-refractivity contribution in [2.45, 2.75) is 32.1 Å². The van der Waals surface area contributed by atoms with Crippen LogP contribution in [0.25, 0.3) is 0 Å². The molecule has 3 aliphatic carbocycles. The third-order valence-corrected chi connectivity index (χ3v) is 5.19. The van der Waals surface area contributed by atoms with Crippen molar-refractivity contribution >= 4 is 5.78 Å². The van der Waals surface area contributed by atoms with Gasteiger partial charge in [-0.3, -0.25) is 4.79 Å². The fourth-order valence-electron chi connectivity index (χ4n) is 4.28. The molecule has 0 bridgehead atoms. The number of ketones is 1. The second kappa shape index (κ2) is 3.69. The second-order valence-corrected chi connectivity index (χ2v) is 5.95. The Morgan fingerprint density at radius 3 is 2.35 bits per heavy atom. The molecule has 0 aromatic carbocycles. The lowest BCUT2D eigenvalue weighted by atomic mass is 9.76. The molecular weight excluding hydrogens is 208 g/mol. The van der Waals surface area contributed by atoms with Crippen molar-refractivity contribution in [1.82, 2.24) is 0 Å². The topological polar surface area (TPSA) is 17.1 Å². The zero-order valence-electron chi connectivity index (χ0n) is 10.4. The minimum atomic E-state index is 0.297. The average molecular weight is 228 g/mol. The molecule has 0 saturated heterocycles. The molecule has 90 valence electrons. The van der Waals surface area contributed by atoms with Crippen molar-refractivity contribution in [3.63, 3.8) is 0 Å². The molecule has 0 aliphatic heterocycles. The van der Waals surface area contributed by atoms with Crippen molar-refractivity contribution in [3.05, 3.63) is 36.5 Å². The van der Waals surface area contributed by atoms with Crippen molar-refractivity contribution < 1.29 is 4.79 Å². The van der Waals surface area contributed by atoms with Crippen LogP contribution in [0.4, 0.5) is 0 Å². The SMILES string of the molecule is C=C1CC[C@H]2C(=C)CC[C@H]3C(=C)C(=O)C[C@@H]3C12. The summed E-state index contributed by atoms with van der Waals surface area (Å²) in [5, 5.41) is 0. The molecule has 0 heterocycles. The van der Waals surface area contributed by atoms with E-state index in [4.69, 9.17) is 0 Å². The highest BCUT2D eigenvalue weighted by atomic mass is 16.1. The van der Waals surface area contributed by atoms with Gasteiger partial charge in [0.05, 0.1) is 0 Å². The van der Waals surface area contributed by atoms with Crippen molar-refractivity contribution in [1.29, 1.82) is 0 Å². The number of hydrogen-bond donors (Lipinski definition) is 0. The molecular formula is C16H20O. The van der Waals surface area contributed by atoms with E-state index < -0.39 is 0 Å². The van der Waals surface area contributed by atoms with E-state index in [1.165, 1.54) is 17.6 Å². The number of hydrogen-bond acceptors (Lipinski definition) is 1. The van der Waals surface area contributed by atoms with Gasteiger partial charge in [0.15, 0.2) is 5.78 Å². The lowest BCUT2D eigenvalue weighted by Gasteiger charge is -2.27. The molecule has 0 amide bonds. The zero-order valence-corrected chi connectivity index (χ0v) is 10.4. The van der Waals surface area contributed by atoms with Crippen LogP contribution in [0.5, 0.6) is 0 Å². The molecule has 0 aromatic heterocycles. The van der Waals surface area contributed by atoms with Gasteiger partial charge in [-0.25, -0.2) is 0 Å². The molecule has 0 N–H and O–H groups in total. The Labute approximate surface area is 103 Å². The van der Waals surface area contributed by atoms with Gasteiger partial charge in [0.2, 0.25) is 0 Å². The van der Waals surface area contributed by atoms with Crippen molar-refractivity contribution in [2.24, 2.45) is 23.7 Å². The summed E-state index contributed by atoms with van der Waals surface area (Å²) in [7, 11) is 0. The van der Waals surface area contributed by atoms with Gasteiger partial charge in [0, 0.05) is 6.42 Å². The minimum absolute atomic E-state index is 0.297. The summed E-state index contributed by atoms with van der Waals surface area (Å²) in [5.74, 6) is 2.29. The van der Waals surface area contributed by atoms with E-state index in [1.54, 1.807) is 0 Å². The smallest absolute Gasteiger partial charge is 0.158 e. The van der Waals surface area contributed by atoms with Gasteiger partial charge < -0.3 is 0 Å². The van der Waals surface area contributed by atoms with Crippen molar-refractivity contribution in [2.75, 3.05) is 0 Å². The Balaban J connectivity index is 2.00. The highest BCUT2D eigenvalue weighted by molar-refractivity contribution is 5.98. The van der Waals surface area contributed by atoms with E-state index >= 15 is 0 Å². The van der Waals surface area contributed by atoms with Gasteiger partial charge in [-0.2, -0.15) is 0 Å². The first kappa shape index (κ1) is 11.0. The molecule has 4 atom stereocenters. The standard InChI is InChI=1S/C16H20O/c1-9-4-7-13-11(3)15(17)8-14(13)16-10(2)5-6-12(9)16/h12-14,16H,1-8H2/t12-,13-,14-,16?/m0/s1. The Morgan fingerprint density at radius 1 is 0.941 bits per heavy atom. The lowest BCUT2D eigenvalue weighted by Crippen LogP contribution is -2.21. The normalized spacial score (nSPS) is 41.4. The highest BCUT2D eigenvalue weighted by Crippen LogP contribution is 2.55. The summed E-state index contributed by atoms with van der Waals surface area (Å²) in [6, 6.07) is 0. The first-order valence-electron chi connectivity index (χ1n) is 6.67. The Morgan fingerprint density at radius 2 is 1.59 bits per heavy atom. The van der Waals surface area contributed by atoms with Gasteiger partial charge in [-0.1, -0.05) is 30.9 Å². The van der Waals surface area contributed by atoms with Crippen LogP contribution in [-0.2, 0) is 4.79 Å². The maximum absolute atomic E-state index is 11.9. The van der Waals surface area contributed by atoms with E-state index in [9.17, 15) is 4.79 Å². The lowest BCUT2D eigenvalue weighted by molar-refractivity contribution is -0.115. The van der Waals surface area contributed by atoms with Crippen LogP contribution < -0.4 is 0 Å². The van der Waals surface area contributed by atoms with E-state index in [1.807, 2.05) is 0 Å². The van der Waals surface area contributed by atoms with E-state index in [-0.39, 0.29) is 0 Å². The third kappa shape index (κ3) is 1.48. The Bertz CT molecular complexity index is 429. The number of allylic oxidation sites excluding steroid dienone is 3. The summed E-state index contributed by atoms with van der Waals surface area (Å²) in [5.41, 5.74) is 3.63. The van der Waals surface area contributed by atoms with Gasteiger partial charge in [-0.05, 0) is 54.9 Å². The molecule has 3 rings (SSSR count). The third-order valence-electron chi connectivity index (χ3n) is 5.19. The average Bonchev–Trinajstić information content (AvgIpc) is 2.75. The van der Waals surface area contributed by atoms with Crippen molar-refractivity contribution in [3.8, 4) is 0 Å². The number of carbonyl (C=O) groups is 1. The maximum atomic E-state index is 11.9. The molecule has 0 radical (unpaired) electrons. The molecule has 1 unspecified atom stereocenters. The van der Waals surface area contributed by atoms with Gasteiger partial charge in [0.25, 0.3) is 0 Å². The number of fused-ring (bicyclic) bond motifs is 3. The predicted molar refractivity (Wildman–Crippen MR) is 69.5 cm³/mol.